The molecular weight excluding hydrogens is 330 g/mol. The highest BCUT2D eigenvalue weighted by Crippen LogP contribution is 2.28. The maximum atomic E-state index is 12.1. The topological polar surface area (TPSA) is 84.5 Å². The van der Waals surface area contributed by atoms with Gasteiger partial charge in [-0.05, 0) is 25.1 Å². The van der Waals surface area contributed by atoms with Gasteiger partial charge in [-0.15, -0.1) is 0 Å². The first-order valence-electron chi connectivity index (χ1n) is 5.77. The van der Waals surface area contributed by atoms with Gasteiger partial charge in [-0.3, -0.25) is 4.79 Å². The van der Waals surface area contributed by atoms with Gasteiger partial charge in [0.2, 0.25) is 15.9 Å². The number of alkyl halides is 2. The van der Waals surface area contributed by atoms with Crippen molar-refractivity contribution >= 4 is 27.5 Å². The van der Waals surface area contributed by atoms with Crippen molar-refractivity contribution in [1.82, 2.24) is 10.0 Å². The van der Waals surface area contributed by atoms with Crippen molar-refractivity contribution in [1.29, 1.82) is 0 Å². The Bertz CT molecular complexity index is 610. The van der Waals surface area contributed by atoms with E-state index in [0.717, 1.165) is 18.2 Å². The molecule has 6 nitrogen and oxygen atoms in total. The minimum Gasteiger partial charge on any atom is -0.433 e. The minimum atomic E-state index is -3.98. The molecule has 0 radical (unpaired) electrons. The molecule has 0 spiro atoms. The van der Waals surface area contributed by atoms with Crippen LogP contribution < -0.4 is 14.8 Å². The molecule has 1 rings (SSSR count). The summed E-state index contributed by atoms with van der Waals surface area (Å²) in [5, 5.41) is 2.14. The van der Waals surface area contributed by atoms with E-state index in [0.29, 0.717) is 6.54 Å². The lowest BCUT2D eigenvalue weighted by atomic mass is 10.3. The molecule has 10 heteroatoms. The van der Waals surface area contributed by atoms with Gasteiger partial charge in [0.05, 0.1) is 16.5 Å². The van der Waals surface area contributed by atoms with E-state index in [-0.39, 0.29) is 15.7 Å². The van der Waals surface area contributed by atoms with Crippen molar-refractivity contribution in [3.63, 3.8) is 0 Å². The predicted octanol–water partition coefficient (Wildman–Crippen LogP) is 1.36. The van der Waals surface area contributed by atoms with Crippen LogP contribution in [-0.2, 0) is 14.8 Å². The number of sulfonamides is 1. The summed E-state index contributed by atoms with van der Waals surface area (Å²) in [4.78, 5) is 10.9. The summed E-state index contributed by atoms with van der Waals surface area (Å²) in [6, 6.07) is 3.01. The molecule has 0 bridgehead atoms. The number of halogens is 3. The minimum absolute atomic E-state index is 0.265. The molecule has 1 amide bonds. The second-order valence-corrected chi connectivity index (χ2v) is 5.92. The summed E-state index contributed by atoms with van der Waals surface area (Å²) < 4.78 is 54.1. The van der Waals surface area contributed by atoms with Crippen LogP contribution in [0.15, 0.2) is 23.1 Å². The lowest BCUT2D eigenvalue weighted by molar-refractivity contribution is -0.119. The Morgan fingerprint density at radius 3 is 2.62 bits per heavy atom. The average Bonchev–Trinajstić information content (AvgIpc) is 2.39. The second kappa shape index (κ2) is 7.53. The van der Waals surface area contributed by atoms with Crippen molar-refractivity contribution in [2.75, 3.05) is 13.1 Å². The standard InChI is InChI=1S/C11H13ClF2N2O4S/c1-2-15-10(17)6-16-21(18,19)7-3-4-9(8(12)5-7)20-11(13)14/h3-5,11,16H,2,6H2,1H3,(H,15,17). The first-order valence-corrected chi connectivity index (χ1v) is 7.63. The quantitative estimate of drug-likeness (QED) is 0.783. The molecule has 0 aliphatic rings. The van der Waals surface area contributed by atoms with Crippen LogP contribution in [-0.4, -0.2) is 34.0 Å². The molecule has 0 fully saturated rings. The zero-order valence-corrected chi connectivity index (χ0v) is 12.5. The Morgan fingerprint density at radius 1 is 1.43 bits per heavy atom. The number of ether oxygens (including phenoxy) is 1. The molecule has 0 saturated heterocycles. The molecule has 0 heterocycles. The van der Waals surface area contributed by atoms with Gasteiger partial charge < -0.3 is 10.1 Å². The highest BCUT2D eigenvalue weighted by atomic mass is 35.5. The largest absolute Gasteiger partial charge is 0.433 e. The van der Waals surface area contributed by atoms with Crippen molar-refractivity contribution in [2.45, 2.75) is 18.4 Å². The zero-order chi connectivity index (χ0) is 16.0. The summed E-state index contributed by atoms with van der Waals surface area (Å²) in [7, 11) is -3.98. The van der Waals surface area contributed by atoms with Crippen LogP contribution in [0.1, 0.15) is 6.92 Å². The molecule has 0 atom stereocenters. The second-order valence-electron chi connectivity index (χ2n) is 3.75. The number of carbonyl (C=O) groups is 1. The number of nitrogens with one attached hydrogen (secondary N) is 2. The Balaban J connectivity index is 2.84. The van der Waals surface area contributed by atoms with Gasteiger partial charge in [-0.2, -0.15) is 8.78 Å². The van der Waals surface area contributed by atoms with Crippen LogP contribution in [0, 0.1) is 0 Å². The van der Waals surface area contributed by atoms with Crippen LogP contribution in [0.25, 0.3) is 0 Å². The van der Waals surface area contributed by atoms with Gasteiger partial charge in [0, 0.05) is 6.54 Å². The van der Waals surface area contributed by atoms with Crippen LogP contribution >= 0.6 is 11.6 Å². The first-order chi connectivity index (χ1) is 9.76. The molecule has 1 aromatic carbocycles. The third-order valence-electron chi connectivity index (χ3n) is 2.23. The maximum absolute atomic E-state index is 12.1. The van der Waals surface area contributed by atoms with Gasteiger partial charge in [-0.1, -0.05) is 11.6 Å². The number of hydrogen-bond donors (Lipinski definition) is 2. The summed E-state index contributed by atoms with van der Waals surface area (Å²) in [5.74, 6) is -0.834. The molecule has 118 valence electrons. The Kier molecular flexibility index (Phi) is 6.31. The number of benzene rings is 1. The van der Waals surface area contributed by atoms with Gasteiger partial charge >= 0.3 is 6.61 Å². The number of amides is 1. The fourth-order valence-corrected chi connectivity index (χ4v) is 2.64. The lowest BCUT2D eigenvalue weighted by Gasteiger charge is -2.10. The number of rotatable bonds is 7. The van der Waals surface area contributed by atoms with Crippen molar-refractivity contribution in [3.05, 3.63) is 23.2 Å². The van der Waals surface area contributed by atoms with Gasteiger partial charge in [0.15, 0.2) is 0 Å². The zero-order valence-electron chi connectivity index (χ0n) is 10.9. The van der Waals surface area contributed by atoms with E-state index in [1.807, 2.05) is 0 Å². The third-order valence-corrected chi connectivity index (χ3v) is 3.92. The van der Waals surface area contributed by atoms with Crippen molar-refractivity contribution in [2.24, 2.45) is 0 Å². The Hall–Kier alpha value is -1.45. The maximum Gasteiger partial charge on any atom is 0.387 e. The van der Waals surface area contributed by atoms with Gasteiger partial charge in [0.25, 0.3) is 0 Å². The molecule has 0 saturated carbocycles. The van der Waals surface area contributed by atoms with E-state index in [1.165, 1.54) is 0 Å². The van der Waals surface area contributed by atoms with E-state index in [9.17, 15) is 22.0 Å². The lowest BCUT2D eigenvalue weighted by Crippen LogP contribution is -2.36. The van der Waals surface area contributed by atoms with Crippen LogP contribution in [0.2, 0.25) is 5.02 Å². The monoisotopic (exact) mass is 342 g/mol. The molecule has 2 N–H and O–H groups in total. The predicted molar refractivity (Wildman–Crippen MR) is 72.0 cm³/mol. The summed E-state index contributed by atoms with van der Waals surface area (Å²) in [5.41, 5.74) is 0. The van der Waals surface area contributed by atoms with Gasteiger partial charge in [0.1, 0.15) is 5.75 Å². The van der Waals surface area contributed by atoms with Crippen LogP contribution in [0.4, 0.5) is 8.78 Å². The number of carbonyl (C=O) groups excluding carboxylic acids is 1. The SMILES string of the molecule is CCNC(=O)CNS(=O)(=O)c1ccc(OC(F)F)c(Cl)c1. The molecule has 0 aliphatic carbocycles. The Morgan fingerprint density at radius 2 is 2.10 bits per heavy atom. The highest BCUT2D eigenvalue weighted by Gasteiger charge is 2.18. The molecule has 0 unspecified atom stereocenters. The Labute approximate surface area is 125 Å². The van der Waals surface area contributed by atoms with Crippen LogP contribution in [0.5, 0.6) is 5.75 Å². The highest BCUT2D eigenvalue weighted by molar-refractivity contribution is 7.89. The van der Waals surface area contributed by atoms with E-state index >= 15 is 0 Å². The smallest absolute Gasteiger partial charge is 0.387 e. The van der Waals surface area contributed by atoms with E-state index in [4.69, 9.17) is 11.6 Å². The first kappa shape index (κ1) is 17.6. The third kappa shape index (κ3) is 5.44. The summed E-state index contributed by atoms with van der Waals surface area (Å²) in [6.07, 6.45) is 0. The van der Waals surface area contributed by atoms with E-state index in [1.54, 1.807) is 6.92 Å². The number of likely N-dealkylation sites (N-methyl/N-ethyl adjacent to an activating group) is 1. The molecular formula is C11H13ClF2N2O4S. The number of hydrogen-bond acceptors (Lipinski definition) is 4. The van der Waals surface area contributed by atoms with Crippen molar-refractivity contribution in [3.8, 4) is 5.75 Å². The van der Waals surface area contributed by atoms with E-state index < -0.39 is 29.1 Å². The van der Waals surface area contributed by atoms with Gasteiger partial charge in [-0.25, -0.2) is 13.1 Å². The fraction of sp³-hybridized carbons (Fsp3) is 0.364. The van der Waals surface area contributed by atoms with Crippen molar-refractivity contribution < 1.29 is 26.7 Å². The average molecular weight is 343 g/mol. The molecule has 21 heavy (non-hydrogen) atoms. The molecule has 1 aromatic rings. The van der Waals surface area contributed by atoms with Crippen LogP contribution in [0.3, 0.4) is 0 Å². The summed E-state index contributed by atoms with van der Waals surface area (Å²) in [6.45, 7) is -1.45. The fourth-order valence-electron chi connectivity index (χ4n) is 1.34. The normalized spacial score (nSPS) is 11.5. The van der Waals surface area contributed by atoms with E-state index in [2.05, 4.69) is 14.8 Å². The summed E-state index contributed by atoms with van der Waals surface area (Å²) >= 11 is 5.66. The molecule has 0 aliphatic heterocycles. The molecule has 0 aromatic heterocycles.